The van der Waals surface area contributed by atoms with Gasteiger partial charge in [0.15, 0.2) is 0 Å². The van der Waals surface area contributed by atoms with E-state index in [1.807, 2.05) is 18.5 Å². The molecule has 0 saturated carbocycles. The second-order valence-corrected chi connectivity index (χ2v) is 5.70. The van der Waals surface area contributed by atoms with E-state index < -0.39 is 12.1 Å². The van der Waals surface area contributed by atoms with Gasteiger partial charge >= 0.3 is 6.03 Å². The Morgan fingerprint density at radius 3 is 2.70 bits per heavy atom. The number of carbonyl (C=O) groups is 3. The second-order valence-electron chi connectivity index (χ2n) is 5.70. The van der Waals surface area contributed by atoms with Crippen LogP contribution >= 0.6 is 0 Å². The minimum Gasteiger partial charge on any atom is -0.352 e. The molecule has 1 unspecified atom stereocenters. The summed E-state index contributed by atoms with van der Waals surface area (Å²) in [6.45, 7) is 7.30. The first kappa shape index (κ1) is 17.0. The zero-order chi connectivity index (χ0) is 17.0. The molecule has 1 saturated heterocycles. The fourth-order valence-electron chi connectivity index (χ4n) is 2.63. The Bertz CT molecular complexity index is 623. The van der Waals surface area contributed by atoms with Gasteiger partial charge in [-0.1, -0.05) is 6.92 Å². The monoisotopic (exact) mass is 321 g/mol. The smallest absolute Gasteiger partial charge is 0.322 e. The van der Waals surface area contributed by atoms with Crippen molar-refractivity contribution in [3.05, 3.63) is 17.0 Å². The van der Waals surface area contributed by atoms with Gasteiger partial charge in [0.25, 0.3) is 5.91 Å². The number of imide groups is 1. The summed E-state index contributed by atoms with van der Waals surface area (Å²) in [6.07, 6.45) is 1.47. The lowest BCUT2D eigenvalue weighted by Crippen LogP contribution is -2.31. The summed E-state index contributed by atoms with van der Waals surface area (Å²) in [5.74, 6) is -0.531. The minimum atomic E-state index is -0.621. The van der Waals surface area contributed by atoms with Gasteiger partial charge in [-0.25, -0.2) is 4.79 Å². The van der Waals surface area contributed by atoms with E-state index in [1.165, 1.54) is 0 Å². The molecule has 1 aliphatic rings. The number of rotatable bonds is 7. The molecule has 23 heavy (non-hydrogen) atoms. The molecule has 1 fully saturated rings. The number of amides is 4. The molecule has 0 radical (unpaired) electrons. The van der Waals surface area contributed by atoms with Gasteiger partial charge in [0.05, 0.1) is 5.69 Å². The first-order valence-electron chi connectivity index (χ1n) is 7.83. The van der Waals surface area contributed by atoms with Crippen LogP contribution in [0.1, 0.15) is 43.1 Å². The van der Waals surface area contributed by atoms with Gasteiger partial charge in [-0.2, -0.15) is 5.10 Å². The van der Waals surface area contributed by atoms with Crippen LogP contribution in [0.2, 0.25) is 0 Å². The summed E-state index contributed by atoms with van der Waals surface area (Å²) in [7, 11) is 0. The number of urea groups is 1. The number of nitrogens with one attached hydrogen (secondary N) is 3. The van der Waals surface area contributed by atoms with Crippen molar-refractivity contribution in [3.8, 4) is 0 Å². The van der Waals surface area contributed by atoms with Crippen LogP contribution < -0.4 is 16.0 Å². The average molecular weight is 321 g/mol. The zero-order valence-electron chi connectivity index (χ0n) is 13.7. The van der Waals surface area contributed by atoms with Crippen molar-refractivity contribution in [1.29, 1.82) is 0 Å². The normalized spacial score (nSPS) is 17.1. The van der Waals surface area contributed by atoms with Crippen LogP contribution in [-0.4, -0.2) is 33.7 Å². The van der Waals surface area contributed by atoms with Crippen molar-refractivity contribution >= 4 is 17.8 Å². The third-order valence-electron chi connectivity index (χ3n) is 3.95. The summed E-state index contributed by atoms with van der Waals surface area (Å²) >= 11 is 0. The maximum atomic E-state index is 11.9. The molecule has 1 aromatic heterocycles. The lowest BCUT2D eigenvalue weighted by atomic mass is 10.1. The Morgan fingerprint density at radius 1 is 1.35 bits per heavy atom. The van der Waals surface area contributed by atoms with Crippen molar-refractivity contribution in [3.63, 3.8) is 0 Å². The fourth-order valence-corrected chi connectivity index (χ4v) is 2.63. The van der Waals surface area contributed by atoms with Crippen molar-refractivity contribution in [2.24, 2.45) is 0 Å². The first-order valence-corrected chi connectivity index (χ1v) is 7.83. The molecule has 8 nitrogen and oxygen atoms in total. The summed E-state index contributed by atoms with van der Waals surface area (Å²) in [5.41, 5.74) is 3.00. The molecule has 8 heteroatoms. The van der Waals surface area contributed by atoms with Gasteiger partial charge in [-0.15, -0.1) is 0 Å². The van der Waals surface area contributed by atoms with Crippen LogP contribution in [0.15, 0.2) is 0 Å². The van der Waals surface area contributed by atoms with Gasteiger partial charge in [-0.05, 0) is 26.7 Å². The standard InChI is InChI=1S/C15H23N5O3/c1-4-7-20-10(3)11(9(2)19-20)8-16-13(21)6-5-12-14(22)18-15(23)17-12/h12H,4-8H2,1-3H3,(H,16,21)(H2,17,18,22,23). The summed E-state index contributed by atoms with van der Waals surface area (Å²) in [5, 5.41) is 11.9. The van der Waals surface area contributed by atoms with Crippen LogP contribution in [-0.2, 0) is 22.7 Å². The maximum absolute atomic E-state index is 11.9. The highest BCUT2D eigenvalue weighted by Gasteiger charge is 2.29. The van der Waals surface area contributed by atoms with Crippen LogP contribution in [0.5, 0.6) is 0 Å². The molecule has 3 N–H and O–H groups in total. The second kappa shape index (κ2) is 7.26. The molecular weight excluding hydrogens is 298 g/mol. The molecule has 0 bridgehead atoms. The molecule has 1 atom stereocenters. The third kappa shape index (κ3) is 4.08. The molecule has 0 aliphatic carbocycles. The van der Waals surface area contributed by atoms with Crippen molar-refractivity contribution < 1.29 is 14.4 Å². The lowest BCUT2D eigenvalue weighted by molar-refractivity contribution is -0.122. The summed E-state index contributed by atoms with van der Waals surface area (Å²) < 4.78 is 1.95. The number of carbonyl (C=O) groups excluding carboxylic acids is 3. The van der Waals surface area contributed by atoms with E-state index in [-0.39, 0.29) is 24.7 Å². The van der Waals surface area contributed by atoms with E-state index in [4.69, 9.17) is 0 Å². The van der Waals surface area contributed by atoms with Gasteiger partial charge in [0.2, 0.25) is 5.91 Å². The maximum Gasteiger partial charge on any atom is 0.322 e. The molecule has 126 valence electrons. The molecule has 0 spiro atoms. The van der Waals surface area contributed by atoms with Crippen molar-refractivity contribution in [2.45, 2.75) is 59.2 Å². The molecule has 1 aliphatic heterocycles. The number of hydrogen-bond acceptors (Lipinski definition) is 4. The lowest BCUT2D eigenvalue weighted by Gasteiger charge is -2.08. The molecule has 2 rings (SSSR count). The Hall–Kier alpha value is -2.38. The Morgan fingerprint density at radius 2 is 2.09 bits per heavy atom. The van der Waals surface area contributed by atoms with E-state index in [0.717, 1.165) is 29.9 Å². The highest BCUT2D eigenvalue weighted by Crippen LogP contribution is 2.13. The number of aryl methyl sites for hydroxylation is 2. The Kier molecular flexibility index (Phi) is 5.36. The number of hydrogen-bond donors (Lipinski definition) is 3. The van der Waals surface area contributed by atoms with Gasteiger partial charge in [-0.3, -0.25) is 19.6 Å². The first-order chi connectivity index (χ1) is 10.9. The van der Waals surface area contributed by atoms with Gasteiger partial charge in [0, 0.05) is 30.8 Å². The topological polar surface area (TPSA) is 105 Å². The predicted molar refractivity (Wildman–Crippen MR) is 83.5 cm³/mol. The number of nitrogens with zero attached hydrogens (tertiary/aromatic N) is 2. The van der Waals surface area contributed by atoms with Crippen molar-refractivity contribution in [2.75, 3.05) is 0 Å². The van der Waals surface area contributed by atoms with E-state index in [2.05, 4.69) is 28.0 Å². The Balaban J connectivity index is 1.83. The average Bonchev–Trinajstić information content (AvgIpc) is 2.95. The molecule has 4 amide bonds. The largest absolute Gasteiger partial charge is 0.352 e. The van der Waals surface area contributed by atoms with Gasteiger partial charge in [0.1, 0.15) is 6.04 Å². The summed E-state index contributed by atoms with van der Waals surface area (Å²) in [4.78, 5) is 34.3. The quantitative estimate of drug-likeness (QED) is 0.636. The molecular formula is C15H23N5O3. The highest BCUT2D eigenvalue weighted by molar-refractivity contribution is 6.04. The van der Waals surface area contributed by atoms with E-state index in [1.54, 1.807) is 0 Å². The third-order valence-corrected chi connectivity index (χ3v) is 3.95. The highest BCUT2D eigenvalue weighted by atomic mass is 16.2. The molecule has 2 heterocycles. The van der Waals surface area contributed by atoms with Gasteiger partial charge < -0.3 is 10.6 Å². The number of aromatic nitrogens is 2. The van der Waals surface area contributed by atoms with Crippen LogP contribution in [0, 0.1) is 13.8 Å². The van der Waals surface area contributed by atoms with Crippen LogP contribution in [0.3, 0.4) is 0 Å². The van der Waals surface area contributed by atoms with Crippen molar-refractivity contribution in [1.82, 2.24) is 25.7 Å². The van der Waals surface area contributed by atoms with E-state index in [9.17, 15) is 14.4 Å². The SMILES string of the molecule is CCCn1nc(C)c(CNC(=O)CCC2NC(=O)NC2=O)c1C. The summed E-state index contributed by atoms with van der Waals surface area (Å²) in [6, 6.07) is -1.13. The predicted octanol–water partition coefficient (Wildman–Crippen LogP) is 0.514. The Labute approximate surface area is 135 Å². The molecule has 1 aromatic rings. The zero-order valence-corrected chi connectivity index (χ0v) is 13.7. The van der Waals surface area contributed by atoms with E-state index >= 15 is 0 Å². The molecule has 0 aromatic carbocycles. The van der Waals surface area contributed by atoms with E-state index in [0.29, 0.717) is 6.54 Å². The van der Waals surface area contributed by atoms with Crippen LogP contribution in [0.4, 0.5) is 4.79 Å². The van der Waals surface area contributed by atoms with Crippen LogP contribution in [0.25, 0.3) is 0 Å². The fraction of sp³-hybridized carbons (Fsp3) is 0.600. The minimum absolute atomic E-state index is 0.152.